The van der Waals surface area contributed by atoms with Crippen LogP contribution in [0.4, 0.5) is 9.52 Å². The molecule has 2 atom stereocenters. The summed E-state index contributed by atoms with van der Waals surface area (Å²) in [6.07, 6.45) is 4.95. The Bertz CT molecular complexity index is 1080. The molecule has 0 saturated heterocycles. The van der Waals surface area contributed by atoms with Crippen molar-refractivity contribution in [3.63, 3.8) is 0 Å². The number of amidine groups is 1. The van der Waals surface area contributed by atoms with Gasteiger partial charge in [-0.15, -0.1) is 0 Å². The molecule has 2 aromatic rings. The van der Waals surface area contributed by atoms with Crippen molar-refractivity contribution in [3.8, 4) is 17.3 Å². The molecule has 0 aliphatic carbocycles. The SMILES string of the molecule is CCC1N=C2C(C)=CC(Br)=CN2C1N(C)c1nc(-c2ccc(F)cc2)c(C#N)s1. The normalized spacial score (nSPS) is 20.6. The first kappa shape index (κ1) is 19.8. The predicted molar refractivity (Wildman–Crippen MR) is 119 cm³/mol. The number of nitrogens with zero attached hydrogens (tertiary/aromatic N) is 5. The zero-order valence-electron chi connectivity index (χ0n) is 16.2. The second-order valence-corrected chi connectivity index (χ2v) is 8.89. The fourth-order valence-corrected chi connectivity index (χ4v) is 5.13. The summed E-state index contributed by atoms with van der Waals surface area (Å²) in [6.45, 7) is 4.18. The molecule has 29 heavy (non-hydrogen) atoms. The number of aliphatic imine (C=N–C) groups is 1. The summed E-state index contributed by atoms with van der Waals surface area (Å²) in [5.74, 6) is 0.653. The summed E-state index contributed by atoms with van der Waals surface area (Å²) in [6, 6.07) is 8.39. The molecule has 0 N–H and O–H groups in total. The van der Waals surface area contributed by atoms with Crippen molar-refractivity contribution in [2.75, 3.05) is 11.9 Å². The van der Waals surface area contributed by atoms with E-state index >= 15 is 0 Å². The monoisotopic (exact) mass is 471 g/mol. The zero-order chi connectivity index (χ0) is 20.7. The minimum Gasteiger partial charge on any atom is -0.328 e. The summed E-state index contributed by atoms with van der Waals surface area (Å²) >= 11 is 4.93. The molecule has 5 nitrogen and oxygen atoms in total. The van der Waals surface area contributed by atoms with Crippen LogP contribution < -0.4 is 4.90 Å². The van der Waals surface area contributed by atoms with Crippen molar-refractivity contribution < 1.29 is 4.39 Å². The van der Waals surface area contributed by atoms with E-state index in [1.807, 2.05) is 13.2 Å². The highest BCUT2D eigenvalue weighted by Crippen LogP contribution is 2.37. The van der Waals surface area contributed by atoms with Crippen LogP contribution >= 0.6 is 27.3 Å². The lowest BCUT2D eigenvalue weighted by Gasteiger charge is -2.36. The summed E-state index contributed by atoms with van der Waals surface area (Å²) in [5.41, 5.74) is 2.42. The van der Waals surface area contributed by atoms with Crippen LogP contribution in [0.2, 0.25) is 0 Å². The van der Waals surface area contributed by atoms with E-state index in [2.05, 4.69) is 51.7 Å². The third-order valence-electron chi connectivity index (χ3n) is 5.08. The third-order valence-corrected chi connectivity index (χ3v) is 6.57. The molecule has 1 aromatic heterocycles. The fourth-order valence-electron chi connectivity index (χ4n) is 3.68. The Labute approximate surface area is 181 Å². The molecule has 4 rings (SSSR count). The first-order valence-corrected chi connectivity index (χ1v) is 10.9. The van der Waals surface area contributed by atoms with Gasteiger partial charge in [0, 0.05) is 23.3 Å². The molecule has 0 spiro atoms. The van der Waals surface area contributed by atoms with Gasteiger partial charge in [-0.25, -0.2) is 9.37 Å². The Morgan fingerprint density at radius 3 is 2.72 bits per heavy atom. The molecule has 8 heteroatoms. The summed E-state index contributed by atoms with van der Waals surface area (Å²) in [4.78, 5) is 14.4. The smallest absolute Gasteiger partial charge is 0.188 e. The van der Waals surface area contributed by atoms with E-state index in [1.165, 1.54) is 23.5 Å². The van der Waals surface area contributed by atoms with Gasteiger partial charge < -0.3 is 9.80 Å². The first-order chi connectivity index (χ1) is 13.9. The van der Waals surface area contributed by atoms with Crippen molar-refractivity contribution in [1.29, 1.82) is 5.26 Å². The number of halogens is 2. The van der Waals surface area contributed by atoms with Crippen molar-refractivity contribution in [1.82, 2.24) is 9.88 Å². The summed E-state index contributed by atoms with van der Waals surface area (Å²) < 4.78 is 14.3. The van der Waals surface area contributed by atoms with Crippen LogP contribution in [0.15, 0.2) is 51.6 Å². The van der Waals surface area contributed by atoms with E-state index < -0.39 is 0 Å². The van der Waals surface area contributed by atoms with Gasteiger partial charge in [0.2, 0.25) is 0 Å². The Hall–Kier alpha value is -2.50. The second-order valence-electron chi connectivity index (χ2n) is 6.99. The number of fused-ring (bicyclic) bond motifs is 1. The average molecular weight is 472 g/mol. The molecular weight excluding hydrogens is 453 g/mol. The molecule has 1 aromatic carbocycles. The lowest BCUT2D eigenvalue weighted by Crippen LogP contribution is -2.49. The maximum Gasteiger partial charge on any atom is 0.188 e. The minimum absolute atomic E-state index is 0.0371. The second kappa shape index (κ2) is 7.73. The van der Waals surface area contributed by atoms with Crippen LogP contribution in [0.5, 0.6) is 0 Å². The number of rotatable bonds is 4. The minimum atomic E-state index is -0.313. The summed E-state index contributed by atoms with van der Waals surface area (Å²) in [7, 11) is 1.98. The van der Waals surface area contributed by atoms with Crippen molar-refractivity contribution >= 4 is 38.2 Å². The van der Waals surface area contributed by atoms with Gasteiger partial charge in [-0.1, -0.05) is 18.3 Å². The van der Waals surface area contributed by atoms with Crippen LogP contribution in [0.3, 0.4) is 0 Å². The topological polar surface area (TPSA) is 55.5 Å². The molecule has 2 aliphatic heterocycles. The number of aromatic nitrogens is 1. The Morgan fingerprint density at radius 1 is 1.34 bits per heavy atom. The number of nitriles is 1. The molecule has 0 fully saturated rings. The van der Waals surface area contributed by atoms with Gasteiger partial charge in [0.15, 0.2) is 5.13 Å². The van der Waals surface area contributed by atoms with Crippen LogP contribution in [-0.2, 0) is 0 Å². The van der Waals surface area contributed by atoms with Gasteiger partial charge in [-0.05, 0) is 65.2 Å². The Kier molecular flexibility index (Phi) is 5.28. The number of hydrogen-bond acceptors (Lipinski definition) is 6. The number of anilines is 1. The Morgan fingerprint density at radius 2 is 2.07 bits per heavy atom. The maximum absolute atomic E-state index is 13.3. The quantitative estimate of drug-likeness (QED) is 0.608. The lowest BCUT2D eigenvalue weighted by atomic mass is 10.1. The first-order valence-electron chi connectivity index (χ1n) is 9.24. The predicted octanol–water partition coefficient (Wildman–Crippen LogP) is 5.27. The van der Waals surface area contributed by atoms with E-state index in [-0.39, 0.29) is 18.0 Å². The van der Waals surface area contributed by atoms with Gasteiger partial charge in [0.05, 0.1) is 6.04 Å². The molecule has 0 radical (unpaired) electrons. The van der Waals surface area contributed by atoms with Gasteiger partial charge in [-0.3, -0.25) is 4.99 Å². The van der Waals surface area contributed by atoms with E-state index in [0.717, 1.165) is 33.0 Å². The highest BCUT2D eigenvalue weighted by molar-refractivity contribution is 9.11. The largest absolute Gasteiger partial charge is 0.328 e. The van der Waals surface area contributed by atoms with Gasteiger partial charge >= 0.3 is 0 Å². The zero-order valence-corrected chi connectivity index (χ0v) is 18.6. The lowest BCUT2D eigenvalue weighted by molar-refractivity contribution is 0.366. The van der Waals surface area contributed by atoms with Crippen molar-refractivity contribution in [3.05, 3.63) is 57.3 Å². The highest BCUT2D eigenvalue weighted by atomic mass is 79.9. The van der Waals surface area contributed by atoms with Crippen molar-refractivity contribution in [2.24, 2.45) is 4.99 Å². The molecule has 0 saturated carbocycles. The molecule has 148 valence electrons. The van der Waals surface area contributed by atoms with Crippen LogP contribution in [0.25, 0.3) is 11.3 Å². The molecule has 2 unspecified atom stereocenters. The van der Waals surface area contributed by atoms with Crippen molar-refractivity contribution in [2.45, 2.75) is 32.5 Å². The van der Waals surface area contributed by atoms with Gasteiger partial charge in [-0.2, -0.15) is 5.26 Å². The number of likely N-dealkylation sites (N-methyl/N-ethyl adjacent to an activating group) is 1. The third kappa shape index (κ3) is 3.49. The van der Waals surface area contributed by atoms with Gasteiger partial charge in [0.1, 0.15) is 34.5 Å². The standard InChI is InChI=1S/C21H19BrFN5S/c1-4-16-20(28-11-14(22)9-12(2)19(28)25-16)27(3)21-26-18(17(10-24)29-21)13-5-7-15(23)8-6-13/h5-9,11,16,20H,4H2,1-3H3. The number of allylic oxidation sites excluding steroid dienone is 2. The summed E-state index contributed by atoms with van der Waals surface area (Å²) in [5, 5.41) is 10.4. The average Bonchev–Trinajstić information content (AvgIpc) is 3.29. The maximum atomic E-state index is 13.3. The van der Waals surface area contributed by atoms with Crippen LogP contribution in [0.1, 0.15) is 25.1 Å². The van der Waals surface area contributed by atoms with E-state index in [9.17, 15) is 9.65 Å². The van der Waals surface area contributed by atoms with Gasteiger partial charge in [0.25, 0.3) is 0 Å². The highest BCUT2D eigenvalue weighted by Gasteiger charge is 2.40. The fraction of sp³-hybridized carbons (Fsp3) is 0.286. The Balaban J connectivity index is 1.71. The molecule has 2 aliphatic rings. The molecule has 0 bridgehead atoms. The van der Waals surface area contributed by atoms with Crippen LogP contribution in [0, 0.1) is 17.1 Å². The van der Waals surface area contributed by atoms with E-state index in [0.29, 0.717) is 10.6 Å². The molecule has 0 amide bonds. The van der Waals surface area contributed by atoms with E-state index in [4.69, 9.17) is 9.98 Å². The molecule has 3 heterocycles. The van der Waals surface area contributed by atoms with E-state index in [1.54, 1.807) is 12.1 Å². The molecular formula is C21H19BrFN5S. The number of hydrogen-bond donors (Lipinski definition) is 0. The van der Waals surface area contributed by atoms with Crippen LogP contribution in [-0.4, -0.2) is 35.0 Å². The number of benzene rings is 1. The number of thiazole rings is 1.